The predicted molar refractivity (Wildman–Crippen MR) is 102 cm³/mol. The van der Waals surface area contributed by atoms with E-state index in [9.17, 15) is 4.79 Å². The number of benzene rings is 2. The molecule has 0 atom stereocenters. The Morgan fingerprint density at radius 2 is 1.76 bits per heavy atom. The minimum Gasteiger partial charge on any atom is -0.495 e. The highest BCUT2D eigenvalue weighted by Crippen LogP contribution is 2.31. The molecule has 25 heavy (non-hydrogen) atoms. The highest BCUT2D eigenvalue weighted by atomic mass is 35.5. The Balaban J connectivity index is 1.62. The number of methoxy groups -OCH3 is 1. The van der Waals surface area contributed by atoms with Gasteiger partial charge in [-0.05, 0) is 36.4 Å². The van der Waals surface area contributed by atoms with Gasteiger partial charge in [0.15, 0.2) is 0 Å². The Morgan fingerprint density at radius 3 is 2.44 bits per heavy atom. The molecule has 0 saturated carbocycles. The molecule has 0 unspecified atom stereocenters. The summed E-state index contributed by atoms with van der Waals surface area (Å²) in [6.45, 7) is 2.64. The summed E-state index contributed by atoms with van der Waals surface area (Å²) in [6, 6.07) is 12.6. The number of ether oxygens (including phenoxy) is 1. The van der Waals surface area contributed by atoms with Gasteiger partial charge in [0.1, 0.15) is 5.75 Å². The molecule has 0 aromatic heterocycles. The first-order valence-corrected chi connectivity index (χ1v) is 8.72. The van der Waals surface area contributed by atoms with Gasteiger partial charge in [-0.2, -0.15) is 0 Å². The number of carbonyl (C=O) groups excluding carboxylic acids is 1. The van der Waals surface area contributed by atoms with Crippen LogP contribution in [0.25, 0.3) is 0 Å². The van der Waals surface area contributed by atoms with Gasteiger partial charge in [-0.3, -0.25) is 0 Å². The number of hydrogen-bond donors (Lipinski definition) is 1. The van der Waals surface area contributed by atoms with E-state index in [0.717, 1.165) is 11.4 Å². The van der Waals surface area contributed by atoms with Crippen LogP contribution < -0.4 is 15.0 Å². The molecule has 1 heterocycles. The number of rotatable bonds is 3. The number of amides is 2. The first-order chi connectivity index (χ1) is 12.1. The SMILES string of the molecule is COc1ccc(Cl)cc1N1CCN(C(=O)Nc2cccc(Cl)c2)CC1. The molecule has 2 amide bonds. The molecular formula is C18H19Cl2N3O2. The molecule has 2 aromatic rings. The highest BCUT2D eigenvalue weighted by Gasteiger charge is 2.23. The number of piperazine rings is 1. The van der Waals surface area contributed by atoms with Crippen LogP contribution >= 0.6 is 23.2 Å². The first-order valence-electron chi connectivity index (χ1n) is 7.97. The van der Waals surface area contributed by atoms with E-state index in [1.807, 2.05) is 18.2 Å². The van der Waals surface area contributed by atoms with E-state index in [4.69, 9.17) is 27.9 Å². The fraction of sp³-hybridized carbons (Fsp3) is 0.278. The molecule has 5 nitrogen and oxygen atoms in total. The Bertz CT molecular complexity index is 762. The van der Waals surface area contributed by atoms with Crippen LogP contribution in [0.5, 0.6) is 5.75 Å². The lowest BCUT2D eigenvalue weighted by Gasteiger charge is -2.36. The fourth-order valence-corrected chi connectivity index (χ4v) is 3.19. The van der Waals surface area contributed by atoms with Crippen LogP contribution in [0.2, 0.25) is 10.0 Å². The van der Waals surface area contributed by atoms with E-state index in [-0.39, 0.29) is 6.03 Å². The lowest BCUT2D eigenvalue weighted by molar-refractivity contribution is 0.208. The average molecular weight is 380 g/mol. The third-order valence-corrected chi connectivity index (χ3v) is 4.59. The number of nitrogens with one attached hydrogen (secondary N) is 1. The smallest absolute Gasteiger partial charge is 0.321 e. The fourth-order valence-electron chi connectivity index (χ4n) is 2.83. The van der Waals surface area contributed by atoms with Crippen molar-refractivity contribution in [2.24, 2.45) is 0 Å². The van der Waals surface area contributed by atoms with Crippen LogP contribution in [0.4, 0.5) is 16.2 Å². The van der Waals surface area contributed by atoms with Crippen molar-refractivity contribution < 1.29 is 9.53 Å². The molecule has 0 aliphatic carbocycles. The molecule has 3 rings (SSSR count). The molecule has 0 bridgehead atoms. The van der Waals surface area contributed by atoms with Crippen molar-refractivity contribution in [3.05, 3.63) is 52.5 Å². The summed E-state index contributed by atoms with van der Waals surface area (Å²) >= 11 is 12.1. The zero-order valence-corrected chi connectivity index (χ0v) is 15.3. The van der Waals surface area contributed by atoms with Gasteiger partial charge in [-0.25, -0.2) is 4.79 Å². The van der Waals surface area contributed by atoms with E-state index >= 15 is 0 Å². The number of halogens is 2. The van der Waals surface area contributed by atoms with Gasteiger partial charge in [-0.1, -0.05) is 29.3 Å². The molecule has 0 spiro atoms. The number of carbonyl (C=O) groups is 1. The van der Waals surface area contributed by atoms with E-state index in [1.54, 1.807) is 36.3 Å². The molecule has 2 aromatic carbocycles. The highest BCUT2D eigenvalue weighted by molar-refractivity contribution is 6.31. The van der Waals surface area contributed by atoms with Gasteiger partial charge in [-0.15, -0.1) is 0 Å². The van der Waals surface area contributed by atoms with Crippen molar-refractivity contribution in [1.29, 1.82) is 0 Å². The Hall–Kier alpha value is -2.11. The van der Waals surface area contributed by atoms with E-state index in [1.165, 1.54) is 0 Å². The standard InChI is InChI=1S/C18H19Cl2N3O2/c1-25-17-6-5-14(20)12-16(17)22-7-9-23(10-8-22)18(24)21-15-4-2-3-13(19)11-15/h2-6,11-12H,7-10H2,1H3,(H,21,24). The summed E-state index contributed by atoms with van der Waals surface area (Å²) in [5.41, 5.74) is 1.64. The molecule has 1 saturated heterocycles. The van der Waals surface area contributed by atoms with Gasteiger partial charge in [0.2, 0.25) is 0 Å². The Kier molecular flexibility index (Phi) is 5.56. The van der Waals surface area contributed by atoms with Gasteiger partial charge in [0.05, 0.1) is 12.8 Å². The molecular weight excluding hydrogens is 361 g/mol. The third-order valence-electron chi connectivity index (χ3n) is 4.12. The minimum absolute atomic E-state index is 0.125. The van der Waals surface area contributed by atoms with Crippen LogP contribution in [0.15, 0.2) is 42.5 Å². The molecule has 7 heteroatoms. The molecule has 132 valence electrons. The Morgan fingerprint density at radius 1 is 1.04 bits per heavy atom. The molecule has 1 N–H and O–H groups in total. The Labute approximate surface area is 157 Å². The zero-order chi connectivity index (χ0) is 17.8. The van der Waals surface area contributed by atoms with E-state index < -0.39 is 0 Å². The van der Waals surface area contributed by atoms with E-state index in [2.05, 4.69) is 10.2 Å². The summed E-state index contributed by atoms with van der Waals surface area (Å²) in [5.74, 6) is 0.779. The van der Waals surface area contributed by atoms with Crippen molar-refractivity contribution in [2.45, 2.75) is 0 Å². The van der Waals surface area contributed by atoms with Gasteiger partial charge in [0, 0.05) is 41.9 Å². The number of nitrogens with zero attached hydrogens (tertiary/aromatic N) is 2. The largest absolute Gasteiger partial charge is 0.495 e. The number of urea groups is 1. The maximum atomic E-state index is 12.4. The summed E-state index contributed by atoms with van der Waals surface area (Å²) in [6.07, 6.45) is 0. The van der Waals surface area contributed by atoms with Crippen LogP contribution in [0.1, 0.15) is 0 Å². The topological polar surface area (TPSA) is 44.8 Å². The van der Waals surface area contributed by atoms with Crippen molar-refractivity contribution in [3.63, 3.8) is 0 Å². The normalized spacial score (nSPS) is 14.4. The zero-order valence-electron chi connectivity index (χ0n) is 13.8. The van der Waals surface area contributed by atoms with Gasteiger partial charge < -0.3 is 19.9 Å². The van der Waals surface area contributed by atoms with E-state index in [0.29, 0.717) is 41.9 Å². The van der Waals surface area contributed by atoms with Crippen LogP contribution in [0, 0.1) is 0 Å². The number of hydrogen-bond acceptors (Lipinski definition) is 3. The van der Waals surface area contributed by atoms with Gasteiger partial charge in [0.25, 0.3) is 0 Å². The second-order valence-corrected chi connectivity index (χ2v) is 6.60. The van der Waals surface area contributed by atoms with Crippen molar-refractivity contribution in [3.8, 4) is 5.75 Å². The predicted octanol–water partition coefficient (Wildman–Crippen LogP) is 4.36. The first kappa shape index (κ1) is 17.7. The molecule has 1 fully saturated rings. The lowest BCUT2D eigenvalue weighted by Crippen LogP contribution is -2.50. The van der Waals surface area contributed by atoms with Crippen LogP contribution in [-0.2, 0) is 0 Å². The number of anilines is 2. The van der Waals surface area contributed by atoms with Crippen molar-refractivity contribution in [1.82, 2.24) is 4.90 Å². The van der Waals surface area contributed by atoms with Crippen LogP contribution in [-0.4, -0.2) is 44.2 Å². The molecule has 1 aliphatic rings. The third kappa shape index (κ3) is 4.30. The monoisotopic (exact) mass is 379 g/mol. The second-order valence-electron chi connectivity index (χ2n) is 5.73. The summed E-state index contributed by atoms with van der Waals surface area (Å²) < 4.78 is 5.41. The van der Waals surface area contributed by atoms with Crippen molar-refractivity contribution in [2.75, 3.05) is 43.5 Å². The van der Waals surface area contributed by atoms with Crippen LogP contribution in [0.3, 0.4) is 0 Å². The maximum absolute atomic E-state index is 12.4. The molecule has 0 radical (unpaired) electrons. The molecule has 1 aliphatic heterocycles. The van der Waals surface area contributed by atoms with Gasteiger partial charge >= 0.3 is 6.03 Å². The average Bonchev–Trinajstić information content (AvgIpc) is 2.62. The minimum atomic E-state index is -0.125. The second kappa shape index (κ2) is 7.85. The summed E-state index contributed by atoms with van der Waals surface area (Å²) in [5, 5.41) is 4.13. The maximum Gasteiger partial charge on any atom is 0.321 e. The van der Waals surface area contributed by atoms with Crippen molar-refractivity contribution >= 4 is 40.6 Å². The lowest BCUT2D eigenvalue weighted by atomic mass is 10.2. The quantitative estimate of drug-likeness (QED) is 0.861. The summed E-state index contributed by atoms with van der Waals surface area (Å²) in [7, 11) is 1.64. The summed E-state index contributed by atoms with van der Waals surface area (Å²) in [4.78, 5) is 16.4.